The summed E-state index contributed by atoms with van der Waals surface area (Å²) in [5.74, 6) is 1.17. The van der Waals surface area contributed by atoms with E-state index >= 15 is 0 Å². The summed E-state index contributed by atoms with van der Waals surface area (Å²) >= 11 is 1.89. The van der Waals surface area contributed by atoms with Crippen LogP contribution in [0.15, 0.2) is 18.2 Å². The molecule has 0 heterocycles. The van der Waals surface area contributed by atoms with Gasteiger partial charge in [-0.1, -0.05) is 19.9 Å². The van der Waals surface area contributed by atoms with Crippen molar-refractivity contribution in [1.82, 2.24) is 5.32 Å². The SMILES string of the molecule is CSCCN(C)c1ccc(CNC(C)C)c(C)c1. The zero-order valence-electron chi connectivity index (χ0n) is 12.3. The third kappa shape index (κ3) is 4.91. The Labute approximate surface area is 116 Å². The first-order valence-electron chi connectivity index (χ1n) is 6.57. The van der Waals surface area contributed by atoms with Gasteiger partial charge in [0, 0.05) is 37.6 Å². The summed E-state index contributed by atoms with van der Waals surface area (Å²) in [5, 5.41) is 3.47. The monoisotopic (exact) mass is 266 g/mol. The van der Waals surface area contributed by atoms with Crippen molar-refractivity contribution in [3.05, 3.63) is 29.3 Å². The zero-order chi connectivity index (χ0) is 13.5. The molecule has 0 aromatic heterocycles. The summed E-state index contributed by atoms with van der Waals surface area (Å²) in [5.41, 5.74) is 4.08. The van der Waals surface area contributed by atoms with Gasteiger partial charge in [-0.05, 0) is 36.4 Å². The summed E-state index contributed by atoms with van der Waals surface area (Å²) in [6, 6.07) is 7.30. The highest BCUT2D eigenvalue weighted by atomic mass is 32.2. The molecule has 0 amide bonds. The molecule has 1 aromatic rings. The third-order valence-electron chi connectivity index (χ3n) is 3.10. The van der Waals surface area contributed by atoms with Crippen LogP contribution >= 0.6 is 11.8 Å². The summed E-state index contributed by atoms with van der Waals surface area (Å²) < 4.78 is 0. The molecular weight excluding hydrogens is 240 g/mol. The highest BCUT2D eigenvalue weighted by molar-refractivity contribution is 7.98. The summed E-state index contributed by atoms with van der Waals surface area (Å²) in [6.45, 7) is 8.62. The van der Waals surface area contributed by atoms with Crippen molar-refractivity contribution >= 4 is 17.4 Å². The molecule has 0 bridgehead atoms. The van der Waals surface area contributed by atoms with Crippen molar-refractivity contribution in [1.29, 1.82) is 0 Å². The molecule has 0 unspecified atom stereocenters. The lowest BCUT2D eigenvalue weighted by molar-refractivity contribution is 0.587. The van der Waals surface area contributed by atoms with Crippen molar-refractivity contribution in [2.24, 2.45) is 0 Å². The molecule has 0 aliphatic heterocycles. The quantitative estimate of drug-likeness (QED) is 0.815. The van der Waals surface area contributed by atoms with Gasteiger partial charge in [0.15, 0.2) is 0 Å². The third-order valence-corrected chi connectivity index (χ3v) is 3.69. The van der Waals surface area contributed by atoms with Gasteiger partial charge < -0.3 is 10.2 Å². The van der Waals surface area contributed by atoms with Gasteiger partial charge in [0.1, 0.15) is 0 Å². The second kappa shape index (κ2) is 7.70. The van der Waals surface area contributed by atoms with Crippen LogP contribution < -0.4 is 10.2 Å². The normalized spacial score (nSPS) is 11.0. The first-order valence-corrected chi connectivity index (χ1v) is 7.97. The highest BCUT2D eigenvalue weighted by Crippen LogP contribution is 2.18. The van der Waals surface area contributed by atoms with Gasteiger partial charge in [-0.2, -0.15) is 11.8 Å². The second-order valence-corrected chi connectivity index (χ2v) is 6.05. The van der Waals surface area contributed by atoms with Crippen molar-refractivity contribution < 1.29 is 0 Å². The second-order valence-electron chi connectivity index (χ2n) is 5.06. The van der Waals surface area contributed by atoms with Gasteiger partial charge in [0.05, 0.1) is 0 Å². The first kappa shape index (κ1) is 15.4. The van der Waals surface area contributed by atoms with Crippen LogP contribution in [0.3, 0.4) is 0 Å². The maximum absolute atomic E-state index is 3.47. The topological polar surface area (TPSA) is 15.3 Å². The molecular formula is C15H26N2S. The standard InChI is InChI=1S/C15H26N2S/c1-12(2)16-11-14-6-7-15(10-13(14)3)17(4)8-9-18-5/h6-7,10,12,16H,8-9,11H2,1-5H3. The fourth-order valence-corrected chi connectivity index (χ4v) is 2.24. The van der Waals surface area contributed by atoms with E-state index in [1.807, 2.05) is 11.8 Å². The smallest absolute Gasteiger partial charge is 0.0366 e. The van der Waals surface area contributed by atoms with Gasteiger partial charge in [0.25, 0.3) is 0 Å². The summed E-state index contributed by atoms with van der Waals surface area (Å²) in [4.78, 5) is 2.32. The predicted octanol–water partition coefficient (Wildman–Crippen LogP) is 3.29. The van der Waals surface area contributed by atoms with Crippen molar-refractivity contribution in [3.63, 3.8) is 0 Å². The van der Waals surface area contributed by atoms with E-state index in [2.05, 4.69) is 62.5 Å². The van der Waals surface area contributed by atoms with Crippen LogP contribution in [0.1, 0.15) is 25.0 Å². The van der Waals surface area contributed by atoms with Gasteiger partial charge in [-0.15, -0.1) is 0 Å². The number of anilines is 1. The molecule has 0 saturated heterocycles. The minimum absolute atomic E-state index is 0.535. The Balaban J connectivity index is 2.66. The Hall–Kier alpha value is -0.670. The number of aryl methyl sites for hydroxylation is 1. The van der Waals surface area contributed by atoms with Crippen LogP contribution in [0.5, 0.6) is 0 Å². The lowest BCUT2D eigenvalue weighted by atomic mass is 10.1. The van der Waals surface area contributed by atoms with E-state index in [4.69, 9.17) is 0 Å². The van der Waals surface area contributed by atoms with Gasteiger partial charge >= 0.3 is 0 Å². The lowest BCUT2D eigenvalue weighted by Crippen LogP contribution is -2.23. The number of hydrogen-bond acceptors (Lipinski definition) is 3. The lowest BCUT2D eigenvalue weighted by Gasteiger charge is -2.20. The van der Waals surface area contributed by atoms with Crippen molar-refractivity contribution in [3.8, 4) is 0 Å². The molecule has 0 aliphatic rings. The van der Waals surface area contributed by atoms with E-state index in [1.165, 1.54) is 22.6 Å². The molecule has 0 radical (unpaired) electrons. The van der Waals surface area contributed by atoms with E-state index in [-0.39, 0.29) is 0 Å². The first-order chi connectivity index (χ1) is 8.54. The Morgan fingerprint density at radius 2 is 2.06 bits per heavy atom. The molecule has 0 atom stereocenters. The average molecular weight is 266 g/mol. The Bertz CT molecular complexity index is 364. The minimum Gasteiger partial charge on any atom is -0.374 e. The number of nitrogens with zero attached hydrogens (tertiary/aromatic N) is 1. The zero-order valence-corrected chi connectivity index (χ0v) is 13.1. The van der Waals surface area contributed by atoms with Crippen LogP contribution in [0, 0.1) is 6.92 Å². The van der Waals surface area contributed by atoms with Crippen LogP contribution in [0.4, 0.5) is 5.69 Å². The number of hydrogen-bond donors (Lipinski definition) is 1. The molecule has 102 valence electrons. The van der Waals surface area contributed by atoms with Crippen LogP contribution in [0.2, 0.25) is 0 Å². The molecule has 1 aromatic carbocycles. The molecule has 2 nitrogen and oxygen atoms in total. The molecule has 0 saturated carbocycles. The van der Waals surface area contributed by atoms with E-state index in [0.29, 0.717) is 6.04 Å². The van der Waals surface area contributed by atoms with Crippen molar-refractivity contribution in [2.75, 3.05) is 30.5 Å². The molecule has 18 heavy (non-hydrogen) atoms. The van der Waals surface area contributed by atoms with E-state index in [9.17, 15) is 0 Å². The maximum atomic E-state index is 3.47. The average Bonchev–Trinajstić information content (AvgIpc) is 2.34. The predicted molar refractivity (Wildman–Crippen MR) is 84.8 cm³/mol. The van der Waals surface area contributed by atoms with Crippen molar-refractivity contribution in [2.45, 2.75) is 33.4 Å². The van der Waals surface area contributed by atoms with Crippen LogP contribution in [-0.4, -0.2) is 31.6 Å². The van der Waals surface area contributed by atoms with Gasteiger partial charge in [-0.3, -0.25) is 0 Å². The van der Waals surface area contributed by atoms with E-state index < -0.39 is 0 Å². The molecule has 3 heteroatoms. The fourth-order valence-electron chi connectivity index (χ4n) is 1.79. The largest absolute Gasteiger partial charge is 0.374 e. The molecule has 1 N–H and O–H groups in total. The fraction of sp³-hybridized carbons (Fsp3) is 0.600. The number of benzene rings is 1. The number of nitrogens with one attached hydrogen (secondary N) is 1. The highest BCUT2D eigenvalue weighted by Gasteiger charge is 2.04. The Kier molecular flexibility index (Phi) is 6.58. The molecule has 0 aliphatic carbocycles. The molecule has 0 spiro atoms. The minimum atomic E-state index is 0.535. The van der Waals surface area contributed by atoms with Gasteiger partial charge in [0.2, 0.25) is 0 Å². The van der Waals surface area contributed by atoms with Crippen LogP contribution in [0.25, 0.3) is 0 Å². The van der Waals surface area contributed by atoms with Gasteiger partial charge in [-0.25, -0.2) is 0 Å². The van der Waals surface area contributed by atoms with Crippen LogP contribution in [-0.2, 0) is 6.54 Å². The Morgan fingerprint density at radius 3 is 2.61 bits per heavy atom. The summed E-state index contributed by atoms with van der Waals surface area (Å²) in [6.07, 6.45) is 2.15. The molecule has 0 fully saturated rings. The number of thioether (sulfide) groups is 1. The molecule has 1 rings (SSSR count). The number of rotatable bonds is 7. The summed E-state index contributed by atoms with van der Waals surface area (Å²) in [7, 11) is 2.16. The Morgan fingerprint density at radius 1 is 1.33 bits per heavy atom. The van der Waals surface area contributed by atoms with E-state index in [0.717, 1.165) is 13.1 Å². The maximum Gasteiger partial charge on any atom is 0.0366 e. The van der Waals surface area contributed by atoms with E-state index in [1.54, 1.807) is 0 Å².